The Morgan fingerprint density at radius 3 is 2.73 bits per heavy atom. The number of pyridine rings is 1. The normalized spacial score (nSPS) is 22.7. The van der Waals surface area contributed by atoms with Crippen LogP contribution in [-0.2, 0) is 4.74 Å². The molecule has 26 heavy (non-hydrogen) atoms. The van der Waals surface area contributed by atoms with Gasteiger partial charge in [0.25, 0.3) is 0 Å². The predicted octanol–water partition coefficient (Wildman–Crippen LogP) is 2.51. The lowest BCUT2D eigenvalue weighted by Gasteiger charge is -2.40. The van der Waals surface area contributed by atoms with Crippen molar-refractivity contribution in [2.75, 3.05) is 26.2 Å². The van der Waals surface area contributed by atoms with Crippen LogP contribution in [0.5, 0.6) is 0 Å². The molecule has 1 fully saturated rings. The summed E-state index contributed by atoms with van der Waals surface area (Å²) in [5, 5.41) is 17.0. The molecule has 1 aromatic rings. The quantitative estimate of drug-likeness (QED) is 0.535. The summed E-state index contributed by atoms with van der Waals surface area (Å²) in [6.45, 7) is 11.5. The van der Waals surface area contributed by atoms with Crippen molar-refractivity contribution in [2.24, 2.45) is 16.3 Å². The molecular formula is C20H34N4O2. The fraction of sp³-hybridized carbons (Fsp3) is 0.700. The lowest BCUT2D eigenvalue weighted by Crippen LogP contribution is -2.47. The van der Waals surface area contributed by atoms with Gasteiger partial charge in [-0.15, -0.1) is 0 Å². The molecule has 3 unspecified atom stereocenters. The van der Waals surface area contributed by atoms with Gasteiger partial charge in [0, 0.05) is 38.0 Å². The standard InChI is InChI=1S/C20H34N4O2/c1-5-22-19(24-14-17(25)15-8-10-21-11-9-15)23-13-16-7-6-12-26-18(16)20(2,3)4/h8-11,16-18,25H,5-7,12-14H2,1-4H3,(H2,22,23,24). The molecule has 2 rings (SSSR count). The Balaban J connectivity index is 1.94. The number of guanidine groups is 1. The Morgan fingerprint density at radius 2 is 2.08 bits per heavy atom. The molecule has 6 heteroatoms. The first-order valence-electron chi connectivity index (χ1n) is 9.63. The van der Waals surface area contributed by atoms with Crippen molar-refractivity contribution in [1.82, 2.24) is 15.6 Å². The maximum absolute atomic E-state index is 10.3. The maximum Gasteiger partial charge on any atom is 0.191 e. The van der Waals surface area contributed by atoms with Gasteiger partial charge in [-0.2, -0.15) is 0 Å². The van der Waals surface area contributed by atoms with E-state index in [4.69, 9.17) is 4.74 Å². The number of aromatic nitrogens is 1. The van der Waals surface area contributed by atoms with Gasteiger partial charge in [0.2, 0.25) is 0 Å². The Bertz CT molecular complexity index is 557. The fourth-order valence-corrected chi connectivity index (χ4v) is 3.45. The molecule has 6 nitrogen and oxygen atoms in total. The number of ether oxygens (including phenoxy) is 1. The van der Waals surface area contributed by atoms with Crippen LogP contribution in [0.15, 0.2) is 29.5 Å². The fourth-order valence-electron chi connectivity index (χ4n) is 3.45. The highest BCUT2D eigenvalue weighted by Crippen LogP contribution is 2.33. The lowest BCUT2D eigenvalue weighted by molar-refractivity contribution is -0.0835. The zero-order valence-electron chi connectivity index (χ0n) is 16.5. The number of nitrogens with one attached hydrogen (secondary N) is 2. The largest absolute Gasteiger partial charge is 0.386 e. The topological polar surface area (TPSA) is 78.8 Å². The van der Waals surface area contributed by atoms with Gasteiger partial charge in [-0.25, -0.2) is 0 Å². The van der Waals surface area contributed by atoms with E-state index in [1.54, 1.807) is 12.4 Å². The minimum atomic E-state index is -0.631. The van der Waals surface area contributed by atoms with E-state index in [2.05, 4.69) is 41.4 Å². The van der Waals surface area contributed by atoms with E-state index >= 15 is 0 Å². The molecule has 2 heterocycles. The van der Waals surface area contributed by atoms with E-state index < -0.39 is 6.10 Å². The number of aliphatic imine (C=N–C) groups is 1. The van der Waals surface area contributed by atoms with E-state index in [9.17, 15) is 5.11 Å². The highest BCUT2D eigenvalue weighted by atomic mass is 16.5. The van der Waals surface area contributed by atoms with Crippen LogP contribution in [0.25, 0.3) is 0 Å². The Kier molecular flexibility index (Phi) is 7.85. The molecule has 0 radical (unpaired) electrons. The molecule has 1 saturated heterocycles. The van der Waals surface area contributed by atoms with Crippen LogP contribution < -0.4 is 10.6 Å². The predicted molar refractivity (Wildman–Crippen MR) is 105 cm³/mol. The molecule has 0 aliphatic carbocycles. The third-order valence-corrected chi connectivity index (χ3v) is 4.69. The van der Waals surface area contributed by atoms with E-state index in [0.717, 1.165) is 44.1 Å². The van der Waals surface area contributed by atoms with Crippen molar-refractivity contribution < 1.29 is 9.84 Å². The highest BCUT2D eigenvalue weighted by molar-refractivity contribution is 5.79. The molecule has 0 amide bonds. The van der Waals surface area contributed by atoms with Crippen molar-refractivity contribution >= 4 is 5.96 Å². The summed E-state index contributed by atoms with van der Waals surface area (Å²) >= 11 is 0. The Labute approximate surface area is 157 Å². The summed E-state index contributed by atoms with van der Waals surface area (Å²) in [6, 6.07) is 3.63. The lowest BCUT2D eigenvalue weighted by atomic mass is 9.78. The molecule has 0 aromatic carbocycles. The summed E-state index contributed by atoms with van der Waals surface area (Å²) in [5.41, 5.74) is 0.952. The molecule has 0 saturated carbocycles. The van der Waals surface area contributed by atoms with Gasteiger partial charge < -0.3 is 20.5 Å². The minimum Gasteiger partial charge on any atom is -0.386 e. The number of nitrogens with zero attached hydrogens (tertiary/aromatic N) is 2. The zero-order chi connectivity index (χ0) is 19.0. The van der Waals surface area contributed by atoms with Crippen LogP contribution in [0, 0.1) is 11.3 Å². The molecular weight excluding hydrogens is 328 g/mol. The number of rotatable bonds is 6. The number of aliphatic hydroxyl groups is 1. The second-order valence-electron chi connectivity index (χ2n) is 7.96. The number of aliphatic hydroxyl groups excluding tert-OH is 1. The summed E-state index contributed by atoms with van der Waals surface area (Å²) in [4.78, 5) is 8.52. The van der Waals surface area contributed by atoms with Gasteiger partial charge in [-0.1, -0.05) is 20.8 Å². The Hall–Kier alpha value is -1.66. The summed E-state index contributed by atoms with van der Waals surface area (Å²) in [5.74, 6) is 1.19. The van der Waals surface area contributed by atoms with Crippen LogP contribution in [0.4, 0.5) is 0 Å². The summed E-state index contributed by atoms with van der Waals surface area (Å²) in [6.07, 6.45) is 5.24. The van der Waals surface area contributed by atoms with Crippen LogP contribution in [0.3, 0.4) is 0 Å². The van der Waals surface area contributed by atoms with Crippen molar-refractivity contribution in [1.29, 1.82) is 0 Å². The van der Waals surface area contributed by atoms with Crippen LogP contribution in [0.2, 0.25) is 0 Å². The first-order chi connectivity index (χ1) is 12.4. The average Bonchev–Trinajstić information content (AvgIpc) is 2.64. The van der Waals surface area contributed by atoms with Crippen molar-refractivity contribution in [3.8, 4) is 0 Å². The molecule has 1 aliphatic heterocycles. The van der Waals surface area contributed by atoms with E-state index in [-0.39, 0.29) is 11.5 Å². The summed E-state index contributed by atoms with van der Waals surface area (Å²) in [7, 11) is 0. The third kappa shape index (κ3) is 6.25. The van der Waals surface area contributed by atoms with E-state index in [1.165, 1.54) is 0 Å². The van der Waals surface area contributed by atoms with Crippen LogP contribution >= 0.6 is 0 Å². The number of hydrogen-bond acceptors (Lipinski definition) is 4. The molecule has 0 spiro atoms. The average molecular weight is 363 g/mol. The third-order valence-electron chi connectivity index (χ3n) is 4.69. The van der Waals surface area contributed by atoms with Gasteiger partial charge in [0.05, 0.1) is 18.8 Å². The molecule has 3 N–H and O–H groups in total. The first-order valence-corrected chi connectivity index (χ1v) is 9.63. The van der Waals surface area contributed by atoms with Gasteiger partial charge >= 0.3 is 0 Å². The molecule has 3 atom stereocenters. The first kappa shape index (κ1) is 20.6. The van der Waals surface area contributed by atoms with Crippen LogP contribution in [0.1, 0.15) is 52.2 Å². The van der Waals surface area contributed by atoms with Gasteiger partial charge in [-0.3, -0.25) is 9.98 Å². The van der Waals surface area contributed by atoms with Crippen molar-refractivity contribution in [2.45, 2.75) is 52.7 Å². The van der Waals surface area contributed by atoms with Gasteiger partial charge in [-0.05, 0) is 42.9 Å². The SMILES string of the molecule is CCNC(=NCC(O)c1ccncc1)NCC1CCCOC1C(C)(C)C. The van der Waals surface area contributed by atoms with Gasteiger partial charge in [0.1, 0.15) is 0 Å². The maximum atomic E-state index is 10.3. The van der Waals surface area contributed by atoms with Crippen molar-refractivity contribution in [3.05, 3.63) is 30.1 Å². The highest BCUT2D eigenvalue weighted by Gasteiger charge is 2.35. The van der Waals surface area contributed by atoms with Gasteiger partial charge in [0.15, 0.2) is 5.96 Å². The molecule has 1 aliphatic rings. The molecule has 1 aromatic heterocycles. The minimum absolute atomic E-state index is 0.125. The van der Waals surface area contributed by atoms with Crippen molar-refractivity contribution in [3.63, 3.8) is 0 Å². The second kappa shape index (κ2) is 9.88. The van der Waals surface area contributed by atoms with E-state index in [1.807, 2.05) is 19.1 Å². The monoisotopic (exact) mass is 362 g/mol. The molecule has 0 bridgehead atoms. The second-order valence-corrected chi connectivity index (χ2v) is 7.96. The summed E-state index contributed by atoms with van der Waals surface area (Å²) < 4.78 is 6.06. The zero-order valence-corrected chi connectivity index (χ0v) is 16.5. The smallest absolute Gasteiger partial charge is 0.191 e. The number of hydrogen-bond donors (Lipinski definition) is 3. The Morgan fingerprint density at radius 1 is 1.35 bits per heavy atom. The molecule has 146 valence electrons. The van der Waals surface area contributed by atoms with E-state index in [0.29, 0.717) is 12.5 Å². The van der Waals surface area contributed by atoms with Crippen LogP contribution in [-0.4, -0.2) is 48.4 Å².